The first-order valence-corrected chi connectivity index (χ1v) is 8.25. The van der Waals surface area contributed by atoms with Gasteiger partial charge in [0.2, 0.25) is 5.16 Å². The van der Waals surface area contributed by atoms with Crippen LogP contribution >= 0.6 is 27.7 Å². The normalized spacial score (nSPS) is 10.8. The monoisotopic (exact) mass is 378 g/mol. The zero-order valence-corrected chi connectivity index (χ0v) is 13.8. The van der Waals surface area contributed by atoms with Crippen LogP contribution in [0.4, 0.5) is 4.39 Å². The van der Waals surface area contributed by atoms with Crippen LogP contribution < -0.4 is 5.84 Å². The summed E-state index contributed by atoms with van der Waals surface area (Å²) >= 11 is 4.94. The van der Waals surface area contributed by atoms with Crippen LogP contribution in [0, 0.1) is 5.82 Å². The van der Waals surface area contributed by atoms with Crippen LogP contribution in [-0.4, -0.2) is 14.9 Å². The minimum Gasteiger partial charge on any atom is -0.335 e. The number of hydrogen-bond donors (Lipinski definition) is 1. The molecule has 1 heterocycles. The lowest BCUT2D eigenvalue weighted by Gasteiger charge is -2.04. The third-order valence-electron chi connectivity index (χ3n) is 3.02. The highest BCUT2D eigenvalue weighted by Crippen LogP contribution is 2.25. The van der Waals surface area contributed by atoms with Gasteiger partial charge in [0.15, 0.2) is 5.82 Å². The van der Waals surface area contributed by atoms with Crippen LogP contribution in [0.15, 0.2) is 58.2 Å². The van der Waals surface area contributed by atoms with Gasteiger partial charge in [-0.15, -0.1) is 10.2 Å². The number of nitrogen functional groups attached to an aromatic ring is 1. The first-order valence-electron chi connectivity index (χ1n) is 6.47. The SMILES string of the molecule is Nn1c(SCc2cccc(Br)c2)nnc1-c1ccc(F)cc1. The van der Waals surface area contributed by atoms with Crippen molar-refractivity contribution in [3.8, 4) is 11.4 Å². The molecular formula is C15H12BrFN4S. The maximum Gasteiger partial charge on any atom is 0.210 e. The molecule has 7 heteroatoms. The molecule has 0 bridgehead atoms. The molecule has 112 valence electrons. The van der Waals surface area contributed by atoms with Gasteiger partial charge in [0.25, 0.3) is 0 Å². The lowest BCUT2D eigenvalue weighted by Crippen LogP contribution is -2.11. The molecule has 0 atom stereocenters. The van der Waals surface area contributed by atoms with Crippen LogP contribution in [0.3, 0.4) is 0 Å². The summed E-state index contributed by atoms with van der Waals surface area (Å²) < 4.78 is 15.4. The lowest BCUT2D eigenvalue weighted by molar-refractivity contribution is 0.628. The largest absolute Gasteiger partial charge is 0.335 e. The average Bonchev–Trinajstić information content (AvgIpc) is 2.87. The van der Waals surface area contributed by atoms with Crippen molar-refractivity contribution in [2.24, 2.45) is 0 Å². The van der Waals surface area contributed by atoms with Crippen LogP contribution in [0.5, 0.6) is 0 Å². The van der Waals surface area contributed by atoms with Crippen molar-refractivity contribution in [2.75, 3.05) is 5.84 Å². The molecule has 0 radical (unpaired) electrons. The molecule has 0 amide bonds. The molecule has 3 rings (SSSR count). The molecule has 2 aromatic carbocycles. The smallest absolute Gasteiger partial charge is 0.210 e. The third-order valence-corrected chi connectivity index (χ3v) is 4.53. The Morgan fingerprint density at radius 3 is 2.64 bits per heavy atom. The van der Waals surface area contributed by atoms with Gasteiger partial charge in [0, 0.05) is 15.8 Å². The predicted octanol–water partition coefficient (Wildman–Crippen LogP) is 3.85. The van der Waals surface area contributed by atoms with Gasteiger partial charge in [-0.25, -0.2) is 9.07 Å². The maximum absolute atomic E-state index is 13.0. The van der Waals surface area contributed by atoms with Crippen LogP contribution in [0.1, 0.15) is 5.56 Å². The van der Waals surface area contributed by atoms with Gasteiger partial charge in [-0.2, -0.15) is 0 Å². The molecule has 0 unspecified atom stereocenters. The Labute approximate surface area is 139 Å². The highest BCUT2D eigenvalue weighted by molar-refractivity contribution is 9.10. The number of nitrogens with zero attached hydrogens (tertiary/aromatic N) is 3. The van der Waals surface area contributed by atoms with E-state index in [2.05, 4.69) is 26.1 Å². The lowest BCUT2D eigenvalue weighted by atomic mass is 10.2. The van der Waals surface area contributed by atoms with Crippen molar-refractivity contribution < 1.29 is 4.39 Å². The van der Waals surface area contributed by atoms with E-state index in [9.17, 15) is 4.39 Å². The molecule has 0 spiro atoms. The van der Waals surface area contributed by atoms with Gasteiger partial charge >= 0.3 is 0 Å². The first-order chi connectivity index (χ1) is 10.6. The molecule has 0 fully saturated rings. The number of hydrogen-bond acceptors (Lipinski definition) is 4. The van der Waals surface area contributed by atoms with Crippen molar-refractivity contribution >= 4 is 27.7 Å². The summed E-state index contributed by atoms with van der Waals surface area (Å²) in [7, 11) is 0. The fourth-order valence-electron chi connectivity index (χ4n) is 1.95. The number of rotatable bonds is 4. The fourth-order valence-corrected chi connectivity index (χ4v) is 3.19. The summed E-state index contributed by atoms with van der Waals surface area (Å²) in [5, 5.41) is 8.79. The highest BCUT2D eigenvalue weighted by atomic mass is 79.9. The van der Waals surface area contributed by atoms with Crippen molar-refractivity contribution in [1.29, 1.82) is 0 Å². The molecule has 0 aliphatic heterocycles. The summed E-state index contributed by atoms with van der Waals surface area (Å²) in [6.07, 6.45) is 0. The molecule has 1 aromatic heterocycles. The molecule has 0 saturated heterocycles. The number of halogens is 2. The second-order valence-corrected chi connectivity index (χ2v) is 6.46. The van der Waals surface area contributed by atoms with E-state index in [-0.39, 0.29) is 5.82 Å². The van der Waals surface area contributed by atoms with E-state index in [0.29, 0.717) is 11.0 Å². The number of benzene rings is 2. The molecule has 2 N–H and O–H groups in total. The summed E-state index contributed by atoms with van der Waals surface area (Å²) in [6.45, 7) is 0. The Morgan fingerprint density at radius 1 is 1.14 bits per heavy atom. The molecule has 0 aliphatic carbocycles. The second kappa shape index (κ2) is 6.50. The number of aromatic nitrogens is 3. The Morgan fingerprint density at radius 2 is 1.91 bits per heavy atom. The minimum absolute atomic E-state index is 0.295. The first kappa shape index (κ1) is 15.1. The zero-order chi connectivity index (χ0) is 15.5. The molecular weight excluding hydrogens is 367 g/mol. The Kier molecular flexibility index (Phi) is 4.44. The van der Waals surface area contributed by atoms with Gasteiger partial charge in [-0.1, -0.05) is 39.8 Å². The maximum atomic E-state index is 13.0. The topological polar surface area (TPSA) is 56.7 Å². The van der Waals surface area contributed by atoms with E-state index in [1.165, 1.54) is 28.6 Å². The standard InChI is InChI=1S/C15H12BrFN4S/c16-12-3-1-2-10(8-12)9-22-15-20-19-14(21(15)18)11-4-6-13(17)7-5-11/h1-8H,9,18H2. The van der Waals surface area contributed by atoms with Crippen molar-refractivity contribution in [2.45, 2.75) is 10.9 Å². The number of nitrogens with two attached hydrogens (primary N) is 1. The zero-order valence-electron chi connectivity index (χ0n) is 11.4. The van der Waals surface area contributed by atoms with E-state index in [4.69, 9.17) is 5.84 Å². The van der Waals surface area contributed by atoms with E-state index in [1.54, 1.807) is 12.1 Å². The fraction of sp³-hybridized carbons (Fsp3) is 0.0667. The third kappa shape index (κ3) is 3.31. The van der Waals surface area contributed by atoms with Crippen LogP contribution in [0.25, 0.3) is 11.4 Å². The van der Waals surface area contributed by atoms with Gasteiger partial charge in [-0.05, 0) is 42.0 Å². The molecule has 3 aromatic rings. The van der Waals surface area contributed by atoms with Gasteiger partial charge in [-0.3, -0.25) is 0 Å². The average molecular weight is 379 g/mol. The van der Waals surface area contributed by atoms with Gasteiger partial charge in [0.1, 0.15) is 5.82 Å². The summed E-state index contributed by atoms with van der Waals surface area (Å²) in [5.41, 5.74) is 1.89. The Balaban J connectivity index is 1.77. The van der Waals surface area contributed by atoms with Gasteiger partial charge in [0.05, 0.1) is 0 Å². The van der Waals surface area contributed by atoms with Crippen LogP contribution in [-0.2, 0) is 5.75 Å². The summed E-state index contributed by atoms with van der Waals surface area (Å²) in [6, 6.07) is 14.1. The minimum atomic E-state index is -0.295. The molecule has 4 nitrogen and oxygen atoms in total. The predicted molar refractivity (Wildman–Crippen MR) is 89.3 cm³/mol. The van der Waals surface area contributed by atoms with E-state index < -0.39 is 0 Å². The van der Waals surface area contributed by atoms with Crippen LogP contribution in [0.2, 0.25) is 0 Å². The van der Waals surface area contributed by atoms with E-state index >= 15 is 0 Å². The second-order valence-electron chi connectivity index (χ2n) is 4.60. The Hall–Kier alpha value is -1.86. The van der Waals surface area contributed by atoms with Crippen molar-refractivity contribution in [3.63, 3.8) is 0 Å². The summed E-state index contributed by atoms with van der Waals surface area (Å²) in [5.74, 6) is 6.99. The molecule has 0 saturated carbocycles. The molecule has 0 aliphatic rings. The summed E-state index contributed by atoms with van der Waals surface area (Å²) in [4.78, 5) is 0. The van der Waals surface area contributed by atoms with Gasteiger partial charge < -0.3 is 5.84 Å². The number of thioether (sulfide) groups is 1. The quantitative estimate of drug-likeness (QED) is 0.553. The molecule has 22 heavy (non-hydrogen) atoms. The van der Waals surface area contributed by atoms with Crippen molar-refractivity contribution in [1.82, 2.24) is 14.9 Å². The highest BCUT2D eigenvalue weighted by Gasteiger charge is 2.12. The van der Waals surface area contributed by atoms with E-state index in [0.717, 1.165) is 21.4 Å². The van der Waals surface area contributed by atoms with E-state index in [1.807, 2.05) is 24.3 Å². The Bertz CT molecular complexity index is 788. The van der Waals surface area contributed by atoms with Crippen molar-refractivity contribution in [3.05, 3.63) is 64.4 Å².